The number of fused-ring (bicyclic) bond motifs is 1. The summed E-state index contributed by atoms with van der Waals surface area (Å²) in [6.07, 6.45) is 0.372. The molecule has 0 atom stereocenters. The van der Waals surface area contributed by atoms with Crippen LogP contribution in [0, 0.1) is 0 Å². The number of ketones is 1. The maximum absolute atomic E-state index is 12.5. The highest BCUT2D eigenvalue weighted by Crippen LogP contribution is 2.22. The van der Waals surface area contributed by atoms with Crippen LogP contribution in [-0.4, -0.2) is 5.78 Å². The van der Waals surface area contributed by atoms with Crippen LogP contribution in [-0.2, 0) is 6.42 Å². The van der Waals surface area contributed by atoms with Gasteiger partial charge in [0.2, 0.25) is 0 Å². The highest BCUT2D eigenvalue weighted by molar-refractivity contribution is 9.10. The lowest BCUT2D eigenvalue weighted by Crippen LogP contribution is -2.05. The van der Waals surface area contributed by atoms with E-state index in [2.05, 4.69) is 28.1 Å². The molecule has 0 saturated heterocycles. The monoisotopic (exact) mass is 339 g/mol. The van der Waals surface area contributed by atoms with Crippen molar-refractivity contribution in [2.45, 2.75) is 6.42 Å². The number of halogens is 1. The molecule has 3 rings (SSSR count). The lowest BCUT2D eigenvalue weighted by atomic mass is 9.97. The molecule has 2 nitrogen and oxygen atoms in total. The smallest absolute Gasteiger partial charge is 0.167 e. The van der Waals surface area contributed by atoms with E-state index in [9.17, 15) is 4.79 Å². The molecule has 0 bridgehead atoms. The minimum Gasteiger partial charge on any atom is -0.399 e. The van der Waals surface area contributed by atoms with Crippen LogP contribution in [0.1, 0.15) is 15.9 Å². The summed E-state index contributed by atoms with van der Waals surface area (Å²) in [6.45, 7) is 0. The normalized spacial score (nSPS) is 10.7. The predicted molar refractivity (Wildman–Crippen MR) is 90.5 cm³/mol. The van der Waals surface area contributed by atoms with E-state index in [0.717, 1.165) is 20.8 Å². The van der Waals surface area contributed by atoms with Gasteiger partial charge in [-0.3, -0.25) is 4.79 Å². The number of Topliss-reactive ketones (excluding diaryl/α,β-unsaturated/α-hetero) is 1. The molecule has 3 aromatic carbocycles. The van der Waals surface area contributed by atoms with Gasteiger partial charge in [0.15, 0.2) is 5.78 Å². The first kappa shape index (κ1) is 13.8. The molecule has 3 heteroatoms. The van der Waals surface area contributed by atoms with Gasteiger partial charge in [-0.05, 0) is 34.5 Å². The number of nitrogens with two attached hydrogens (primary N) is 1. The van der Waals surface area contributed by atoms with Gasteiger partial charge in [0.1, 0.15) is 0 Å². The van der Waals surface area contributed by atoms with Gasteiger partial charge in [0, 0.05) is 22.1 Å². The Hall–Kier alpha value is -2.13. The lowest BCUT2D eigenvalue weighted by Gasteiger charge is -2.07. The Labute approximate surface area is 131 Å². The van der Waals surface area contributed by atoms with Gasteiger partial charge in [-0.25, -0.2) is 0 Å². The Balaban J connectivity index is 1.96. The first-order chi connectivity index (χ1) is 10.1. The average molecular weight is 340 g/mol. The molecule has 0 fully saturated rings. The van der Waals surface area contributed by atoms with E-state index in [1.54, 1.807) is 12.1 Å². The van der Waals surface area contributed by atoms with Gasteiger partial charge < -0.3 is 5.73 Å². The fraction of sp³-hybridized carbons (Fsp3) is 0.0556. The number of anilines is 1. The summed E-state index contributed by atoms with van der Waals surface area (Å²) in [5.74, 6) is 0.0688. The Bertz CT molecular complexity index is 801. The van der Waals surface area contributed by atoms with E-state index >= 15 is 0 Å². The van der Waals surface area contributed by atoms with Crippen molar-refractivity contribution in [3.05, 3.63) is 76.3 Å². The molecule has 0 amide bonds. The predicted octanol–water partition coefficient (Wildman–Crippen LogP) is 4.61. The molecule has 0 aromatic heterocycles. The third-order valence-corrected chi connectivity index (χ3v) is 3.93. The first-order valence-electron chi connectivity index (χ1n) is 6.69. The van der Waals surface area contributed by atoms with Crippen molar-refractivity contribution in [2.24, 2.45) is 0 Å². The van der Waals surface area contributed by atoms with Crippen LogP contribution >= 0.6 is 15.9 Å². The third kappa shape index (κ3) is 2.98. The van der Waals surface area contributed by atoms with Crippen molar-refractivity contribution < 1.29 is 4.79 Å². The van der Waals surface area contributed by atoms with Crippen molar-refractivity contribution in [1.29, 1.82) is 0 Å². The fourth-order valence-corrected chi connectivity index (χ4v) is 3.01. The summed E-state index contributed by atoms with van der Waals surface area (Å²) >= 11 is 3.37. The van der Waals surface area contributed by atoms with Crippen molar-refractivity contribution in [3.8, 4) is 0 Å². The molecule has 0 aliphatic rings. The number of hydrogen-bond donors (Lipinski definition) is 1. The average Bonchev–Trinajstić information content (AvgIpc) is 2.46. The molecule has 0 saturated carbocycles. The van der Waals surface area contributed by atoms with E-state index in [-0.39, 0.29) is 5.78 Å². The molecule has 2 N–H and O–H groups in total. The molecule has 0 aliphatic heterocycles. The maximum Gasteiger partial charge on any atom is 0.167 e. The Kier molecular flexibility index (Phi) is 3.76. The lowest BCUT2D eigenvalue weighted by molar-refractivity contribution is 0.0993. The number of carbonyl (C=O) groups excluding carboxylic acids is 1. The van der Waals surface area contributed by atoms with E-state index in [0.29, 0.717) is 17.7 Å². The van der Waals surface area contributed by atoms with Gasteiger partial charge >= 0.3 is 0 Å². The van der Waals surface area contributed by atoms with Crippen molar-refractivity contribution in [2.75, 3.05) is 5.73 Å². The minimum absolute atomic E-state index is 0.0688. The third-order valence-electron chi connectivity index (χ3n) is 3.47. The van der Waals surface area contributed by atoms with Crippen LogP contribution in [0.5, 0.6) is 0 Å². The van der Waals surface area contributed by atoms with Crippen molar-refractivity contribution >= 4 is 38.2 Å². The second-order valence-corrected chi connectivity index (χ2v) is 5.93. The molecule has 104 valence electrons. The van der Waals surface area contributed by atoms with Crippen LogP contribution < -0.4 is 5.73 Å². The second-order valence-electron chi connectivity index (χ2n) is 5.01. The molecule has 3 aromatic rings. The Morgan fingerprint density at radius 1 is 1.00 bits per heavy atom. The molecule has 21 heavy (non-hydrogen) atoms. The number of rotatable bonds is 3. The molecule has 0 spiro atoms. The minimum atomic E-state index is 0.0688. The summed E-state index contributed by atoms with van der Waals surface area (Å²) in [5, 5.41) is 2.27. The summed E-state index contributed by atoms with van der Waals surface area (Å²) in [7, 11) is 0. The molecule has 0 aliphatic carbocycles. The quantitative estimate of drug-likeness (QED) is 0.559. The number of carbonyl (C=O) groups is 1. The topological polar surface area (TPSA) is 43.1 Å². The van der Waals surface area contributed by atoms with Crippen LogP contribution in [0.4, 0.5) is 5.69 Å². The van der Waals surface area contributed by atoms with Gasteiger partial charge in [0.25, 0.3) is 0 Å². The summed E-state index contributed by atoms with van der Waals surface area (Å²) in [5.41, 5.74) is 8.06. The van der Waals surface area contributed by atoms with Gasteiger partial charge in [-0.1, -0.05) is 58.4 Å². The van der Waals surface area contributed by atoms with E-state index in [4.69, 9.17) is 5.73 Å². The Morgan fingerprint density at radius 2 is 1.76 bits per heavy atom. The largest absolute Gasteiger partial charge is 0.399 e. The van der Waals surface area contributed by atoms with Crippen LogP contribution in [0.15, 0.2) is 65.1 Å². The first-order valence-corrected chi connectivity index (χ1v) is 7.49. The van der Waals surface area contributed by atoms with E-state index in [1.807, 2.05) is 36.4 Å². The van der Waals surface area contributed by atoms with Gasteiger partial charge in [0.05, 0.1) is 0 Å². The summed E-state index contributed by atoms with van der Waals surface area (Å²) in [6, 6.07) is 19.5. The number of nitrogen functional groups attached to an aromatic ring is 1. The molecular formula is C18H14BrNO. The molecule has 0 heterocycles. The fourth-order valence-electron chi connectivity index (χ4n) is 2.49. The highest BCUT2D eigenvalue weighted by atomic mass is 79.9. The summed E-state index contributed by atoms with van der Waals surface area (Å²) in [4.78, 5) is 12.5. The van der Waals surface area contributed by atoms with Gasteiger partial charge in [-0.15, -0.1) is 0 Å². The second kappa shape index (κ2) is 5.70. The Morgan fingerprint density at radius 3 is 2.57 bits per heavy atom. The molecular weight excluding hydrogens is 326 g/mol. The summed E-state index contributed by atoms with van der Waals surface area (Å²) < 4.78 is 0.823. The molecule has 0 unspecified atom stereocenters. The maximum atomic E-state index is 12.5. The standard InChI is InChI=1S/C18H14BrNO/c19-15-8-14(9-16(20)11-15)18(21)10-13-6-3-5-12-4-1-2-7-17(12)13/h1-9,11H,10,20H2. The molecule has 0 radical (unpaired) electrons. The zero-order valence-electron chi connectivity index (χ0n) is 11.3. The van der Waals surface area contributed by atoms with Gasteiger partial charge in [-0.2, -0.15) is 0 Å². The zero-order valence-corrected chi connectivity index (χ0v) is 12.9. The van der Waals surface area contributed by atoms with Crippen LogP contribution in [0.25, 0.3) is 10.8 Å². The van der Waals surface area contributed by atoms with Crippen LogP contribution in [0.3, 0.4) is 0 Å². The SMILES string of the molecule is Nc1cc(Br)cc(C(=O)Cc2cccc3ccccc23)c1. The highest BCUT2D eigenvalue weighted by Gasteiger charge is 2.10. The number of hydrogen-bond acceptors (Lipinski definition) is 2. The zero-order chi connectivity index (χ0) is 14.8. The van der Waals surface area contributed by atoms with E-state index in [1.165, 1.54) is 0 Å². The van der Waals surface area contributed by atoms with E-state index < -0.39 is 0 Å². The van der Waals surface area contributed by atoms with Crippen molar-refractivity contribution in [3.63, 3.8) is 0 Å². The van der Waals surface area contributed by atoms with Crippen LogP contribution in [0.2, 0.25) is 0 Å². The number of benzene rings is 3. The van der Waals surface area contributed by atoms with Crippen molar-refractivity contribution in [1.82, 2.24) is 0 Å².